The van der Waals surface area contributed by atoms with Crippen molar-refractivity contribution < 1.29 is 18.3 Å². The summed E-state index contributed by atoms with van der Waals surface area (Å²) in [5.74, 6) is 0.219. The van der Waals surface area contributed by atoms with Gasteiger partial charge in [-0.2, -0.15) is 0 Å². The maximum absolute atomic E-state index is 12.7. The molecule has 0 aliphatic carbocycles. The number of nitrogens with zero attached hydrogens (tertiary/aromatic N) is 1. The number of likely N-dealkylation sites (N-methyl/N-ethyl adjacent to an activating group) is 1. The van der Waals surface area contributed by atoms with E-state index in [0.717, 1.165) is 11.3 Å². The van der Waals surface area contributed by atoms with Crippen molar-refractivity contribution in [1.82, 2.24) is 0 Å². The van der Waals surface area contributed by atoms with E-state index in [-0.39, 0.29) is 0 Å². The van der Waals surface area contributed by atoms with Gasteiger partial charge in [-0.05, 0) is 12.1 Å². The molecule has 0 N–H and O–H groups in total. The van der Waals surface area contributed by atoms with Crippen molar-refractivity contribution in [2.75, 3.05) is 32.8 Å². The van der Waals surface area contributed by atoms with Crippen molar-refractivity contribution in [3.63, 3.8) is 0 Å². The molecule has 1 heterocycles. The summed E-state index contributed by atoms with van der Waals surface area (Å²) in [7, 11) is 1.38. The van der Waals surface area contributed by atoms with Crippen molar-refractivity contribution in [3.05, 3.63) is 42.5 Å². The van der Waals surface area contributed by atoms with Crippen molar-refractivity contribution in [2.24, 2.45) is 0 Å². The fraction of sp³-hybridized carbons (Fsp3) is 0.333. The van der Waals surface area contributed by atoms with E-state index in [4.69, 9.17) is 13.8 Å². The molecule has 0 saturated carbocycles. The molecular weight excluding hydrogens is 289 g/mol. The molecular formula is C15H20NO4P. The largest absolute Gasteiger partial charge is 0.487 e. The van der Waals surface area contributed by atoms with Crippen LogP contribution in [-0.4, -0.2) is 33.7 Å². The fourth-order valence-electron chi connectivity index (χ4n) is 2.38. The SMILES string of the molecule is C=CCOc1cccc2c1N(C)C(P(=O)(OC)OC)C=C2. The molecule has 0 radical (unpaired) electrons. The first-order valence-electron chi connectivity index (χ1n) is 6.56. The molecule has 0 spiro atoms. The van der Waals surface area contributed by atoms with Gasteiger partial charge in [0.25, 0.3) is 0 Å². The predicted molar refractivity (Wildman–Crippen MR) is 85.0 cm³/mol. The van der Waals surface area contributed by atoms with E-state index >= 15 is 0 Å². The number of fused-ring (bicyclic) bond motifs is 1. The first kappa shape index (κ1) is 15.8. The van der Waals surface area contributed by atoms with E-state index in [2.05, 4.69) is 6.58 Å². The van der Waals surface area contributed by atoms with Crippen molar-refractivity contribution >= 4 is 19.4 Å². The van der Waals surface area contributed by atoms with Crippen LogP contribution in [0.15, 0.2) is 36.9 Å². The molecule has 1 aliphatic rings. The van der Waals surface area contributed by atoms with Gasteiger partial charge in [-0.25, -0.2) is 0 Å². The average Bonchev–Trinajstić information content (AvgIpc) is 2.52. The van der Waals surface area contributed by atoms with E-state index < -0.39 is 13.4 Å². The molecule has 2 rings (SSSR count). The lowest BCUT2D eigenvalue weighted by Crippen LogP contribution is -2.33. The highest BCUT2D eigenvalue weighted by Gasteiger charge is 2.38. The second kappa shape index (κ2) is 6.48. The minimum Gasteiger partial charge on any atom is -0.487 e. The van der Waals surface area contributed by atoms with Crippen LogP contribution in [0.25, 0.3) is 6.08 Å². The van der Waals surface area contributed by atoms with Gasteiger partial charge in [-0.1, -0.05) is 30.9 Å². The summed E-state index contributed by atoms with van der Waals surface area (Å²) in [6, 6.07) is 5.77. The molecule has 1 aliphatic heterocycles. The minimum absolute atomic E-state index is 0.408. The molecule has 5 nitrogen and oxygen atoms in total. The highest BCUT2D eigenvalue weighted by Crippen LogP contribution is 2.56. The Kier molecular flexibility index (Phi) is 4.88. The van der Waals surface area contributed by atoms with Crippen LogP contribution in [0.3, 0.4) is 0 Å². The molecule has 1 atom stereocenters. The van der Waals surface area contributed by atoms with Gasteiger partial charge in [0.05, 0.1) is 5.69 Å². The Morgan fingerprint density at radius 3 is 2.71 bits per heavy atom. The van der Waals surface area contributed by atoms with Crippen LogP contribution in [0.4, 0.5) is 5.69 Å². The lowest BCUT2D eigenvalue weighted by atomic mass is 10.1. The van der Waals surface area contributed by atoms with E-state index in [1.807, 2.05) is 42.3 Å². The Labute approximate surface area is 125 Å². The first-order chi connectivity index (χ1) is 10.1. The van der Waals surface area contributed by atoms with Crippen LogP contribution in [0.2, 0.25) is 0 Å². The molecule has 114 valence electrons. The molecule has 0 bridgehead atoms. The Bertz CT molecular complexity index is 591. The maximum atomic E-state index is 12.7. The smallest absolute Gasteiger partial charge is 0.356 e. The molecule has 0 aromatic heterocycles. The van der Waals surface area contributed by atoms with Crippen molar-refractivity contribution in [3.8, 4) is 5.75 Å². The minimum atomic E-state index is -3.25. The Balaban J connectivity index is 2.44. The summed E-state index contributed by atoms with van der Waals surface area (Å²) < 4.78 is 28.6. The summed E-state index contributed by atoms with van der Waals surface area (Å²) in [6.07, 6.45) is 5.42. The summed E-state index contributed by atoms with van der Waals surface area (Å²) in [4.78, 5) is 1.86. The van der Waals surface area contributed by atoms with E-state index in [0.29, 0.717) is 12.4 Å². The van der Waals surface area contributed by atoms with Gasteiger partial charge in [0.2, 0.25) is 0 Å². The van der Waals surface area contributed by atoms with Crippen LogP contribution in [-0.2, 0) is 13.6 Å². The molecule has 6 heteroatoms. The molecule has 1 aromatic carbocycles. The van der Waals surface area contributed by atoms with Gasteiger partial charge in [-0.15, -0.1) is 0 Å². The molecule has 0 fully saturated rings. The van der Waals surface area contributed by atoms with E-state index in [1.54, 1.807) is 6.08 Å². The highest BCUT2D eigenvalue weighted by atomic mass is 31.2. The number of benzene rings is 1. The van der Waals surface area contributed by atoms with Crippen LogP contribution in [0.1, 0.15) is 5.56 Å². The van der Waals surface area contributed by atoms with Crippen LogP contribution >= 0.6 is 7.60 Å². The summed E-state index contributed by atoms with van der Waals surface area (Å²) >= 11 is 0. The number of rotatable bonds is 6. The molecule has 1 unspecified atom stereocenters. The second-order valence-electron chi connectivity index (χ2n) is 4.58. The molecule has 1 aromatic rings. The number of hydrogen-bond donors (Lipinski definition) is 0. The Morgan fingerprint density at radius 1 is 1.38 bits per heavy atom. The topological polar surface area (TPSA) is 48.0 Å². The number of hydrogen-bond acceptors (Lipinski definition) is 5. The highest BCUT2D eigenvalue weighted by molar-refractivity contribution is 7.55. The third-order valence-corrected chi connectivity index (χ3v) is 5.60. The summed E-state index contributed by atoms with van der Waals surface area (Å²) in [6.45, 7) is 4.06. The van der Waals surface area contributed by atoms with Crippen LogP contribution < -0.4 is 9.64 Å². The zero-order chi connectivity index (χ0) is 15.5. The maximum Gasteiger partial charge on any atom is 0.356 e. The number of para-hydroxylation sites is 1. The zero-order valence-corrected chi connectivity index (χ0v) is 13.4. The zero-order valence-electron chi connectivity index (χ0n) is 12.5. The normalized spacial score (nSPS) is 17.5. The molecule has 21 heavy (non-hydrogen) atoms. The summed E-state index contributed by atoms with van der Waals surface area (Å²) in [5, 5.41) is 0. The average molecular weight is 309 g/mol. The lowest BCUT2D eigenvalue weighted by Gasteiger charge is -2.35. The van der Waals surface area contributed by atoms with Gasteiger partial charge in [-0.3, -0.25) is 4.57 Å². The van der Waals surface area contributed by atoms with Gasteiger partial charge >= 0.3 is 7.60 Å². The molecule has 0 saturated heterocycles. The van der Waals surface area contributed by atoms with E-state index in [9.17, 15) is 4.57 Å². The second-order valence-corrected chi connectivity index (χ2v) is 6.92. The van der Waals surface area contributed by atoms with Crippen molar-refractivity contribution in [2.45, 2.75) is 5.78 Å². The molecule has 0 amide bonds. The quantitative estimate of drug-likeness (QED) is 0.594. The standard InChI is InChI=1S/C15H20NO4P/c1-5-11-20-13-8-6-7-12-9-10-14(16(2)15(12)13)21(17,18-3)19-4/h5-10,14H,1,11H2,2-4H3. The first-order valence-corrected chi connectivity index (χ1v) is 8.17. The Morgan fingerprint density at radius 2 is 2.10 bits per heavy atom. The van der Waals surface area contributed by atoms with Crippen LogP contribution in [0.5, 0.6) is 5.75 Å². The number of ether oxygens (including phenoxy) is 1. The van der Waals surface area contributed by atoms with Crippen LogP contribution in [0, 0.1) is 0 Å². The third-order valence-electron chi connectivity index (χ3n) is 3.42. The van der Waals surface area contributed by atoms with Gasteiger partial charge in [0, 0.05) is 26.8 Å². The number of anilines is 1. The van der Waals surface area contributed by atoms with Gasteiger partial charge in [0.15, 0.2) is 5.78 Å². The fourth-order valence-corrected chi connectivity index (χ4v) is 3.79. The monoisotopic (exact) mass is 309 g/mol. The lowest BCUT2D eigenvalue weighted by molar-refractivity contribution is 0.269. The third kappa shape index (κ3) is 2.91. The van der Waals surface area contributed by atoms with Gasteiger partial charge < -0.3 is 18.7 Å². The Hall–Kier alpha value is -1.55. The summed E-state index contributed by atoms with van der Waals surface area (Å²) in [5.41, 5.74) is 1.86. The van der Waals surface area contributed by atoms with E-state index in [1.165, 1.54) is 14.2 Å². The predicted octanol–water partition coefficient (Wildman–Crippen LogP) is 3.53. The van der Waals surface area contributed by atoms with Crippen molar-refractivity contribution in [1.29, 1.82) is 0 Å². The van der Waals surface area contributed by atoms with Gasteiger partial charge in [0.1, 0.15) is 12.4 Å².